The number of ketones is 1. The van der Waals surface area contributed by atoms with Crippen LogP contribution in [0.4, 0.5) is 5.69 Å². The minimum atomic E-state index is -0.540. The molecule has 0 fully saturated rings. The summed E-state index contributed by atoms with van der Waals surface area (Å²) < 4.78 is 5.42. The summed E-state index contributed by atoms with van der Waals surface area (Å²) in [5, 5.41) is 0. The Balaban J connectivity index is 2.50. The number of anilines is 1. The first-order valence-electron chi connectivity index (χ1n) is 6.07. The summed E-state index contributed by atoms with van der Waals surface area (Å²) in [6.45, 7) is 3.02. The maximum atomic E-state index is 12.0. The molecule has 5 heteroatoms. The molecule has 5 nitrogen and oxygen atoms in total. The van der Waals surface area contributed by atoms with E-state index >= 15 is 0 Å². The minimum absolute atomic E-state index is 0.0954. The fourth-order valence-corrected chi connectivity index (χ4v) is 2.12. The van der Waals surface area contributed by atoms with E-state index in [2.05, 4.69) is 0 Å². The molecule has 1 unspecified atom stereocenters. The highest BCUT2D eigenvalue weighted by atomic mass is 16.5. The number of hydrogen-bond donors (Lipinski definition) is 0. The molecule has 1 amide bonds. The van der Waals surface area contributed by atoms with Gasteiger partial charge in [0.2, 0.25) is 0 Å². The van der Waals surface area contributed by atoms with Crippen LogP contribution >= 0.6 is 0 Å². The average molecular weight is 261 g/mol. The van der Waals surface area contributed by atoms with Gasteiger partial charge in [-0.25, -0.2) is 0 Å². The van der Waals surface area contributed by atoms with Gasteiger partial charge in [-0.1, -0.05) is 12.1 Å². The number of para-hydroxylation sites is 1. The summed E-state index contributed by atoms with van der Waals surface area (Å²) in [5.74, 6) is 0.169. The van der Waals surface area contributed by atoms with Gasteiger partial charge in [-0.3, -0.25) is 14.5 Å². The Kier molecular flexibility index (Phi) is 3.64. The van der Waals surface area contributed by atoms with Crippen LogP contribution in [0.15, 0.2) is 18.2 Å². The van der Waals surface area contributed by atoms with Gasteiger partial charge in [0.05, 0.1) is 11.7 Å². The molecule has 0 saturated heterocycles. The number of benzene rings is 1. The van der Waals surface area contributed by atoms with Crippen LogP contribution in [0.25, 0.3) is 0 Å². The van der Waals surface area contributed by atoms with Gasteiger partial charge in [-0.2, -0.15) is 0 Å². The predicted octanol–water partition coefficient (Wildman–Crippen LogP) is 1.13. The molecule has 0 aliphatic carbocycles. The molecule has 0 bridgehead atoms. The van der Waals surface area contributed by atoms with Gasteiger partial charge in [0.25, 0.3) is 5.91 Å². The number of hydrogen-bond acceptors (Lipinski definition) is 4. The number of nitrogens with zero attached hydrogens (tertiary/aromatic N) is 1. The zero-order valence-electron chi connectivity index (χ0n) is 10.9. The molecule has 0 aromatic heterocycles. The third kappa shape index (κ3) is 2.36. The first kappa shape index (κ1) is 13.3. The standard InChI is InChI=1S/C14H15NO4/c1-9(10(2)17)15-12-5-3-4-11(6-7-16)14(12)19-8-13(15)18/h3-5,7,9H,6,8H2,1-2H3. The third-order valence-corrected chi connectivity index (χ3v) is 3.22. The van der Waals surface area contributed by atoms with Crippen molar-refractivity contribution in [2.24, 2.45) is 0 Å². The Hall–Kier alpha value is -2.17. The number of amides is 1. The number of ether oxygens (including phenoxy) is 1. The smallest absolute Gasteiger partial charge is 0.265 e. The van der Waals surface area contributed by atoms with Crippen LogP contribution in [-0.2, 0) is 20.8 Å². The summed E-state index contributed by atoms with van der Waals surface area (Å²) in [4.78, 5) is 35.6. The molecule has 0 N–H and O–H groups in total. The fourth-order valence-electron chi connectivity index (χ4n) is 2.12. The quantitative estimate of drug-likeness (QED) is 0.762. The second kappa shape index (κ2) is 5.22. The van der Waals surface area contributed by atoms with Crippen LogP contribution in [0.2, 0.25) is 0 Å². The van der Waals surface area contributed by atoms with Crippen molar-refractivity contribution in [2.75, 3.05) is 11.5 Å². The van der Waals surface area contributed by atoms with Crippen molar-refractivity contribution >= 4 is 23.7 Å². The molecule has 19 heavy (non-hydrogen) atoms. The predicted molar refractivity (Wildman–Crippen MR) is 69.3 cm³/mol. The van der Waals surface area contributed by atoms with Crippen molar-refractivity contribution in [2.45, 2.75) is 26.3 Å². The van der Waals surface area contributed by atoms with E-state index < -0.39 is 6.04 Å². The van der Waals surface area contributed by atoms with Gasteiger partial charge in [0.15, 0.2) is 12.4 Å². The number of aldehydes is 1. The SMILES string of the molecule is CC(=O)C(C)N1C(=O)COc2c(CC=O)cccc21. The van der Waals surface area contributed by atoms with Crippen LogP contribution in [-0.4, -0.2) is 30.6 Å². The van der Waals surface area contributed by atoms with Gasteiger partial charge < -0.3 is 9.53 Å². The van der Waals surface area contributed by atoms with E-state index in [9.17, 15) is 14.4 Å². The lowest BCUT2D eigenvalue weighted by Crippen LogP contribution is -2.47. The molecule has 1 atom stereocenters. The maximum absolute atomic E-state index is 12.0. The monoisotopic (exact) mass is 261 g/mol. The number of rotatable bonds is 4. The van der Waals surface area contributed by atoms with Crippen LogP contribution in [0.1, 0.15) is 19.4 Å². The second-order valence-corrected chi connectivity index (χ2v) is 4.48. The fraction of sp³-hybridized carbons (Fsp3) is 0.357. The van der Waals surface area contributed by atoms with Crippen LogP contribution < -0.4 is 9.64 Å². The summed E-state index contributed by atoms with van der Waals surface area (Å²) in [5.41, 5.74) is 1.28. The molecule has 2 rings (SSSR count). The van der Waals surface area contributed by atoms with E-state index in [0.29, 0.717) is 11.4 Å². The highest BCUT2D eigenvalue weighted by molar-refractivity contribution is 6.04. The largest absolute Gasteiger partial charge is 0.481 e. The molecular formula is C14H15NO4. The Morgan fingerprint density at radius 3 is 2.89 bits per heavy atom. The van der Waals surface area contributed by atoms with E-state index in [1.54, 1.807) is 25.1 Å². The lowest BCUT2D eigenvalue weighted by Gasteiger charge is -2.33. The molecule has 0 radical (unpaired) electrons. The van der Waals surface area contributed by atoms with Crippen LogP contribution in [0, 0.1) is 0 Å². The molecule has 100 valence electrons. The molecule has 0 spiro atoms. The highest BCUT2D eigenvalue weighted by Crippen LogP contribution is 2.36. The third-order valence-electron chi connectivity index (χ3n) is 3.22. The first-order valence-corrected chi connectivity index (χ1v) is 6.07. The van der Waals surface area contributed by atoms with Crippen LogP contribution in [0.5, 0.6) is 5.75 Å². The molecule has 1 heterocycles. The van der Waals surface area contributed by atoms with Gasteiger partial charge >= 0.3 is 0 Å². The summed E-state index contributed by atoms with van der Waals surface area (Å²) in [6, 6.07) is 4.71. The van der Waals surface area contributed by atoms with E-state index in [-0.39, 0.29) is 24.7 Å². The van der Waals surface area contributed by atoms with Crippen molar-refractivity contribution in [1.29, 1.82) is 0 Å². The van der Waals surface area contributed by atoms with Gasteiger partial charge in [-0.05, 0) is 19.9 Å². The molecule has 0 saturated carbocycles. The zero-order valence-corrected chi connectivity index (χ0v) is 10.9. The van der Waals surface area contributed by atoms with Crippen molar-refractivity contribution in [3.63, 3.8) is 0 Å². The zero-order chi connectivity index (χ0) is 14.0. The van der Waals surface area contributed by atoms with E-state index in [1.165, 1.54) is 11.8 Å². The van der Waals surface area contributed by atoms with Gasteiger partial charge in [-0.15, -0.1) is 0 Å². The number of Topliss-reactive ketones (excluding diaryl/α,β-unsaturated/α-hetero) is 1. The average Bonchev–Trinajstić information content (AvgIpc) is 2.38. The van der Waals surface area contributed by atoms with Crippen molar-refractivity contribution in [3.05, 3.63) is 23.8 Å². The summed E-state index contributed by atoms with van der Waals surface area (Å²) >= 11 is 0. The van der Waals surface area contributed by atoms with E-state index in [1.807, 2.05) is 0 Å². The summed E-state index contributed by atoms with van der Waals surface area (Å²) in [7, 11) is 0. The Labute approximate surface area is 111 Å². The van der Waals surface area contributed by atoms with Crippen LogP contribution in [0.3, 0.4) is 0 Å². The maximum Gasteiger partial charge on any atom is 0.265 e. The van der Waals surface area contributed by atoms with Crippen molar-refractivity contribution in [3.8, 4) is 5.75 Å². The topological polar surface area (TPSA) is 63.7 Å². The van der Waals surface area contributed by atoms with Gasteiger partial charge in [0, 0.05) is 12.0 Å². The Bertz CT molecular complexity index is 538. The first-order chi connectivity index (χ1) is 9.06. The summed E-state index contributed by atoms with van der Waals surface area (Å²) in [6.07, 6.45) is 1.01. The number of fused-ring (bicyclic) bond motifs is 1. The number of carbonyl (C=O) groups is 3. The second-order valence-electron chi connectivity index (χ2n) is 4.48. The number of carbonyl (C=O) groups excluding carboxylic acids is 3. The van der Waals surface area contributed by atoms with Gasteiger partial charge in [0.1, 0.15) is 12.0 Å². The molecular weight excluding hydrogens is 246 g/mol. The molecule has 1 aliphatic heterocycles. The molecule has 1 aromatic carbocycles. The highest BCUT2D eigenvalue weighted by Gasteiger charge is 2.32. The Morgan fingerprint density at radius 1 is 1.53 bits per heavy atom. The minimum Gasteiger partial charge on any atom is -0.481 e. The lowest BCUT2D eigenvalue weighted by atomic mass is 10.1. The normalized spacial score (nSPS) is 15.5. The Morgan fingerprint density at radius 2 is 2.26 bits per heavy atom. The van der Waals surface area contributed by atoms with Crippen molar-refractivity contribution in [1.82, 2.24) is 0 Å². The van der Waals surface area contributed by atoms with E-state index in [0.717, 1.165) is 11.8 Å². The lowest BCUT2D eigenvalue weighted by molar-refractivity contribution is -0.125. The molecule has 1 aromatic rings. The molecule has 1 aliphatic rings. The van der Waals surface area contributed by atoms with E-state index in [4.69, 9.17) is 4.74 Å². The van der Waals surface area contributed by atoms with Crippen molar-refractivity contribution < 1.29 is 19.1 Å².